The number of rotatable bonds is 2. The first-order chi connectivity index (χ1) is 7.68. The molecule has 2 aromatic rings. The summed E-state index contributed by atoms with van der Waals surface area (Å²) in [6.07, 6.45) is 0. The van der Waals surface area contributed by atoms with E-state index in [1.54, 1.807) is 0 Å². The van der Waals surface area contributed by atoms with Crippen LogP contribution in [0.3, 0.4) is 0 Å². The van der Waals surface area contributed by atoms with E-state index in [0.29, 0.717) is 5.69 Å². The van der Waals surface area contributed by atoms with Gasteiger partial charge in [0.2, 0.25) is 0 Å². The molecule has 0 unspecified atom stereocenters. The summed E-state index contributed by atoms with van der Waals surface area (Å²) in [4.78, 5) is 0. The Balaban J connectivity index is 2.38. The van der Waals surface area contributed by atoms with Crippen molar-refractivity contribution in [3.05, 3.63) is 53.6 Å². The Morgan fingerprint density at radius 3 is 2.25 bits per heavy atom. The van der Waals surface area contributed by atoms with Gasteiger partial charge in [-0.05, 0) is 37.1 Å². The van der Waals surface area contributed by atoms with Crippen molar-refractivity contribution in [3.63, 3.8) is 0 Å². The fourth-order valence-electron chi connectivity index (χ4n) is 1.60. The van der Waals surface area contributed by atoms with E-state index in [4.69, 9.17) is 10.5 Å². The highest BCUT2D eigenvalue weighted by Crippen LogP contribution is 2.32. The highest BCUT2D eigenvalue weighted by Gasteiger charge is 2.06. The highest BCUT2D eigenvalue weighted by molar-refractivity contribution is 5.58. The normalized spacial score (nSPS) is 10.1. The number of anilines is 1. The van der Waals surface area contributed by atoms with Gasteiger partial charge in [-0.15, -0.1) is 0 Å². The molecule has 0 bridgehead atoms. The predicted octanol–water partition coefficient (Wildman–Crippen LogP) is 3.68. The van der Waals surface area contributed by atoms with Gasteiger partial charge in [0, 0.05) is 0 Å². The van der Waals surface area contributed by atoms with Gasteiger partial charge in [0.15, 0.2) is 5.75 Å². The maximum atomic E-state index is 5.89. The first-order valence-electron chi connectivity index (χ1n) is 5.27. The Bertz CT molecular complexity index is 486. The molecule has 0 saturated heterocycles. The molecule has 0 saturated carbocycles. The molecule has 0 aliphatic heterocycles. The standard InChI is InChI=1S/C14H15NO/c1-10-6-3-4-9-13(10)16-14-11(2)7-5-8-12(14)15/h3-9H,15H2,1-2H3. The molecule has 0 radical (unpaired) electrons. The van der Waals surface area contributed by atoms with Crippen molar-refractivity contribution in [1.82, 2.24) is 0 Å². The van der Waals surface area contributed by atoms with E-state index in [1.165, 1.54) is 0 Å². The minimum atomic E-state index is 0.670. The molecule has 0 atom stereocenters. The molecule has 0 aromatic heterocycles. The van der Waals surface area contributed by atoms with Gasteiger partial charge < -0.3 is 10.5 Å². The molecule has 2 heteroatoms. The number of para-hydroxylation sites is 2. The van der Waals surface area contributed by atoms with Gasteiger partial charge in [-0.1, -0.05) is 30.3 Å². The number of nitrogen functional groups attached to an aromatic ring is 1. The van der Waals surface area contributed by atoms with Crippen molar-refractivity contribution < 1.29 is 4.74 Å². The molecule has 0 heterocycles. The minimum absolute atomic E-state index is 0.670. The number of ether oxygens (including phenoxy) is 1. The number of hydrogen-bond acceptors (Lipinski definition) is 2. The van der Waals surface area contributed by atoms with Crippen molar-refractivity contribution in [3.8, 4) is 11.5 Å². The van der Waals surface area contributed by atoms with Crippen LogP contribution in [-0.2, 0) is 0 Å². The molecular weight excluding hydrogens is 198 g/mol. The predicted molar refractivity (Wildman–Crippen MR) is 66.8 cm³/mol. The lowest BCUT2D eigenvalue weighted by atomic mass is 10.2. The molecule has 2 rings (SSSR count). The lowest BCUT2D eigenvalue weighted by molar-refractivity contribution is 0.477. The van der Waals surface area contributed by atoms with Crippen LogP contribution in [-0.4, -0.2) is 0 Å². The monoisotopic (exact) mass is 213 g/mol. The molecule has 0 aliphatic rings. The van der Waals surface area contributed by atoms with E-state index >= 15 is 0 Å². The van der Waals surface area contributed by atoms with Gasteiger partial charge in [-0.25, -0.2) is 0 Å². The average molecular weight is 213 g/mol. The Labute approximate surface area is 95.7 Å². The van der Waals surface area contributed by atoms with Crippen molar-refractivity contribution >= 4 is 5.69 Å². The van der Waals surface area contributed by atoms with E-state index in [1.807, 2.05) is 56.3 Å². The van der Waals surface area contributed by atoms with E-state index in [2.05, 4.69) is 0 Å². The van der Waals surface area contributed by atoms with Crippen LogP contribution in [0.2, 0.25) is 0 Å². The molecule has 2 aromatic carbocycles. The van der Waals surface area contributed by atoms with Crippen molar-refractivity contribution in [2.24, 2.45) is 0 Å². The summed E-state index contributed by atoms with van der Waals surface area (Å²) in [5.41, 5.74) is 8.71. The molecule has 2 nitrogen and oxygen atoms in total. The lowest BCUT2D eigenvalue weighted by Crippen LogP contribution is -1.95. The van der Waals surface area contributed by atoms with Crippen LogP contribution >= 0.6 is 0 Å². The molecular formula is C14H15NO. The summed E-state index contributed by atoms with van der Waals surface area (Å²) in [5, 5.41) is 0. The molecule has 0 fully saturated rings. The number of hydrogen-bond donors (Lipinski definition) is 1. The van der Waals surface area contributed by atoms with Crippen molar-refractivity contribution in [1.29, 1.82) is 0 Å². The van der Waals surface area contributed by atoms with Gasteiger partial charge >= 0.3 is 0 Å². The zero-order valence-electron chi connectivity index (χ0n) is 9.53. The largest absolute Gasteiger partial charge is 0.455 e. The summed E-state index contributed by atoms with van der Waals surface area (Å²) < 4.78 is 5.85. The Morgan fingerprint density at radius 1 is 0.875 bits per heavy atom. The van der Waals surface area contributed by atoms with Gasteiger partial charge in [0.05, 0.1) is 5.69 Å². The van der Waals surface area contributed by atoms with Crippen LogP contribution in [0.5, 0.6) is 11.5 Å². The number of aryl methyl sites for hydroxylation is 2. The van der Waals surface area contributed by atoms with Crippen molar-refractivity contribution in [2.45, 2.75) is 13.8 Å². The third-order valence-electron chi connectivity index (χ3n) is 2.55. The first kappa shape index (κ1) is 10.6. The van der Waals surface area contributed by atoms with Crippen LogP contribution < -0.4 is 10.5 Å². The summed E-state index contributed by atoms with van der Waals surface area (Å²) in [5.74, 6) is 1.60. The second-order valence-electron chi connectivity index (χ2n) is 3.86. The molecule has 2 N–H and O–H groups in total. The maximum Gasteiger partial charge on any atom is 0.153 e. The van der Waals surface area contributed by atoms with Gasteiger partial charge in [-0.2, -0.15) is 0 Å². The summed E-state index contributed by atoms with van der Waals surface area (Å²) >= 11 is 0. The molecule has 0 amide bonds. The fraction of sp³-hybridized carbons (Fsp3) is 0.143. The first-order valence-corrected chi connectivity index (χ1v) is 5.27. The second kappa shape index (κ2) is 4.27. The minimum Gasteiger partial charge on any atom is -0.455 e. The quantitative estimate of drug-likeness (QED) is 0.772. The van der Waals surface area contributed by atoms with Gasteiger partial charge in [0.25, 0.3) is 0 Å². The lowest BCUT2D eigenvalue weighted by Gasteiger charge is -2.12. The number of nitrogens with two attached hydrogens (primary N) is 1. The third-order valence-corrected chi connectivity index (χ3v) is 2.55. The summed E-state index contributed by atoms with van der Waals surface area (Å²) in [6, 6.07) is 13.7. The second-order valence-corrected chi connectivity index (χ2v) is 3.86. The number of benzene rings is 2. The summed E-state index contributed by atoms with van der Waals surface area (Å²) in [7, 11) is 0. The van der Waals surface area contributed by atoms with Crippen LogP contribution in [0.25, 0.3) is 0 Å². The SMILES string of the molecule is Cc1ccccc1Oc1c(C)cccc1N. The zero-order chi connectivity index (χ0) is 11.5. The smallest absolute Gasteiger partial charge is 0.153 e. The molecule has 82 valence electrons. The molecule has 0 aliphatic carbocycles. The zero-order valence-corrected chi connectivity index (χ0v) is 9.53. The van der Waals surface area contributed by atoms with E-state index in [-0.39, 0.29) is 0 Å². The van der Waals surface area contributed by atoms with E-state index in [0.717, 1.165) is 22.6 Å². The summed E-state index contributed by atoms with van der Waals surface area (Å²) in [6.45, 7) is 4.01. The van der Waals surface area contributed by atoms with E-state index < -0.39 is 0 Å². The van der Waals surface area contributed by atoms with Gasteiger partial charge in [0.1, 0.15) is 5.75 Å². The maximum absolute atomic E-state index is 5.89. The van der Waals surface area contributed by atoms with Crippen LogP contribution in [0.1, 0.15) is 11.1 Å². The molecule has 16 heavy (non-hydrogen) atoms. The van der Waals surface area contributed by atoms with Crippen molar-refractivity contribution in [2.75, 3.05) is 5.73 Å². The average Bonchev–Trinajstić information content (AvgIpc) is 2.26. The van der Waals surface area contributed by atoms with Crippen LogP contribution in [0.15, 0.2) is 42.5 Å². The van der Waals surface area contributed by atoms with Crippen LogP contribution in [0.4, 0.5) is 5.69 Å². The Morgan fingerprint density at radius 2 is 1.56 bits per heavy atom. The van der Waals surface area contributed by atoms with Gasteiger partial charge in [-0.3, -0.25) is 0 Å². The highest BCUT2D eigenvalue weighted by atomic mass is 16.5. The third kappa shape index (κ3) is 2.01. The van der Waals surface area contributed by atoms with Crippen LogP contribution in [0, 0.1) is 13.8 Å². The topological polar surface area (TPSA) is 35.2 Å². The Hall–Kier alpha value is -1.96. The molecule has 0 spiro atoms. The Kier molecular flexibility index (Phi) is 2.82. The van der Waals surface area contributed by atoms with E-state index in [9.17, 15) is 0 Å². The fourth-order valence-corrected chi connectivity index (χ4v) is 1.60.